The Labute approximate surface area is 101 Å². The molecule has 1 aliphatic carbocycles. The molecule has 0 bridgehead atoms. The second kappa shape index (κ2) is 4.70. The zero-order chi connectivity index (χ0) is 12.4. The zero-order valence-electron chi connectivity index (χ0n) is 10.2. The van der Waals surface area contributed by atoms with Crippen LogP contribution in [-0.2, 0) is 11.2 Å². The third-order valence-electron chi connectivity index (χ3n) is 3.11. The van der Waals surface area contributed by atoms with Gasteiger partial charge >= 0.3 is 0 Å². The first-order valence-corrected chi connectivity index (χ1v) is 5.91. The number of carbonyl (C=O) groups excluding carboxylic acids is 2. The fourth-order valence-corrected chi connectivity index (χ4v) is 1.98. The Morgan fingerprint density at radius 1 is 1.35 bits per heavy atom. The van der Waals surface area contributed by atoms with E-state index in [1.54, 1.807) is 19.1 Å². The number of benzene rings is 1. The first kappa shape index (κ1) is 11.8. The summed E-state index contributed by atoms with van der Waals surface area (Å²) in [5.74, 6) is 0.873. The molecule has 0 aromatic heterocycles. The topological polar surface area (TPSA) is 43.4 Å². The van der Waals surface area contributed by atoms with Crippen molar-refractivity contribution in [2.45, 2.75) is 39.2 Å². The van der Waals surface area contributed by atoms with Crippen molar-refractivity contribution in [1.82, 2.24) is 0 Å². The average Bonchev–Trinajstić information content (AvgIpc) is 2.29. The number of carbonyl (C=O) groups is 2. The lowest BCUT2D eigenvalue weighted by molar-refractivity contribution is -0.122. The minimum atomic E-state index is -0.438. The van der Waals surface area contributed by atoms with Crippen LogP contribution in [0, 0.1) is 0 Å². The molecule has 2 rings (SSSR count). The van der Waals surface area contributed by atoms with E-state index >= 15 is 0 Å². The molecule has 0 radical (unpaired) electrons. The van der Waals surface area contributed by atoms with Crippen LogP contribution in [0.15, 0.2) is 18.2 Å². The minimum Gasteiger partial charge on any atom is -0.483 e. The highest BCUT2D eigenvalue weighted by Gasteiger charge is 2.18. The third-order valence-corrected chi connectivity index (χ3v) is 3.11. The van der Waals surface area contributed by atoms with E-state index in [1.807, 2.05) is 6.07 Å². The predicted octanol–water partition coefficient (Wildman–Crippen LogP) is 2.56. The van der Waals surface area contributed by atoms with Gasteiger partial charge in [0.05, 0.1) is 0 Å². The van der Waals surface area contributed by atoms with Crippen molar-refractivity contribution in [2.75, 3.05) is 0 Å². The number of aryl methyl sites for hydroxylation is 1. The Morgan fingerprint density at radius 2 is 2.12 bits per heavy atom. The van der Waals surface area contributed by atoms with Gasteiger partial charge in [-0.1, -0.05) is 0 Å². The average molecular weight is 232 g/mol. The number of ketones is 2. The summed E-state index contributed by atoms with van der Waals surface area (Å²) in [7, 11) is 0. The van der Waals surface area contributed by atoms with Crippen LogP contribution in [0.3, 0.4) is 0 Å². The van der Waals surface area contributed by atoms with Crippen molar-refractivity contribution in [3.05, 3.63) is 29.3 Å². The summed E-state index contributed by atoms with van der Waals surface area (Å²) in [4.78, 5) is 22.7. The second-order valence-corrected chi connectivity index (χ2v) is 4.47. The molecule has 0 aliphatic heterocycles. The van der Waals surface area contributed by atoms with Crippen molar-refractivity contribution >= 4 is 11.6 Å². The van der Waals surface area contributed by atoms with Crippen molar-refractivity contribution in [3.8, 4) is 5.75 Å². The van der Waals surface area contributed by atoms with E-state index in [2.05, 4.69) is 0 Å². The molecule has 17 heavy (non-hydrogen) atoms. The number of Topliss-reactive ketones (excluding diaryl/α,β-unsaturated/α-hetero) is 2. The molecule has 0 amide bonds. The van der Waals surface area contributed by atoms with Crippen LogP contribution in [-0.4, -0.2) is 17.7 Å². The Kier molecular flexibility index (Phi) is 3.27. The molecule has 0 saturated heterocycles. The molecule has 1 aromatic carbocycles. The van der Waals surface area contributed by atoms with Gasteiger partial charge in [-0.3, -0.25) is 9.59 Å². The van der Waals surface area contributed by atoms with Gasteiger partial charge in [0.2, 0.25) is 0 Å². The lowest BCUT2D eigenvalue weighted by atomic mass is 9.90. The minimum absolute atomic E-state index is 0.00111. The Balaban J connectivity index is 2.21. The van der Waals surface area contributed by atoms with Crippen LogP contribution in [0.4, 0.5) is 0 Å². The molecule has 0 spiro atoms. The van der Waals surface area contributed by atoms with E-state index in [0.29, 0.717) is 12.2 Å². The predicted molar refractivity (Wildman–Crippen MR) is 64.5 cm³/mol. The van der Waals surface area contributed by atoms with Gasteiger partial charge in [0, 0.05) is 12.0 Å². The van der Waals surface area contributed by atoms with Crippen LogP contribution in [0.1, 0.15) is 42.6 Å². The summed E-state index contributed by atoms with van der Waals surface area (Å²) >= 11 is 0. The summed E-state index contributed by atoms with van der Waals surface area (Å²) in [6, 6.07) is 5.45. The van der Waals surface area contributed by atoms with Gasteiger partial charge in [-0.25, -0.2) is 0 Å². The van der Waals surface area contributed by atoms with Gasteiger partial charge in [0.25, 0.3) is 0 Å². The number of fused-ring (bicyclic) bond motifs is 1. The van der Waals surface area contributed by atoms with Gasteiger partial charge in [-0.2, -0.15) is 0 Å². The van der Waals surface area contributed by atoms with Crippen molar-refractivity contribution in [1.29, 1.82) is 0 Å². The molecule has 90 valence electrons. The maximum atomic E-state index is 11.6. The fraction of sp³-hybridized carbons (Fsp3) is 0.429. The maximum Gasteiger partial charge on any atom is 0.169 e. The van der Waals surface area contributed by atoms with Gasteiger partial charge in [-0.15, -0.1) is 0 Å². The number of rotatable bonds is 3. The molecule has 0 N–H and O–H groups in total. The molecular formula is C14H16O3. The van der Waals surface area contributed by atoms with Crippen molar-refractivity contribution < 1.29 is 14.3 Å². The van der Waals surface area contributed by atoms with Gasteiger partial charge in [0.1, 0.15) is 5.75 Å². The van der Waals surface area contributed by atoms with E-state index < -0.39 is 6.10 Å². The summed E-state index contributed by atoms with van der Waals surface area (Å²) in [6.45, 7) is 3.24. The molecule has 0 saturated carbocycles. The van der Waals surface area contributed by atoms with E-state index in [1.165, 1.54) is 6.92 Å². The molecule has 1 unspecified atom stereocenters. The summed E-state index contributed by atoms with van der Waals surface area (Å²) in [5, 5.41) is 0. The maximum absolute atomic E-state index is 11.6. The lowest BCUT2D eigenvalue weighted by Crippen LogP contribution is -2.21. The molecule has 3 heteroatoms. The highest BCUT2D eigenvalue weighted by Crippen LogP contribution is 2.25. The molecule has 1 aromatic rings. The summed E-state index contributed by atoms with van der Waals surface area (Å²) in [6.07, 6.45) is 2.01. The second-order valence-electron chi connectivity index (χ2n) is 4.47. The van der Waals surface area contributed by atoms with E-state index in [0.717, 1.165) is 24.0 Å². The largest absolute Gasteiger partial charge is 0.483 e. The Hall–Kier alpha value is -1.64. The SMILES string of the molecule is CC(=O)C(C)Oc1ccc2c(c1)CCCC2=O. The smallest absolute Gasteiger partial charge is 0.169 e. The Bertz CT molecular complexity index is 463. The van der Waals surface area contributed by atoms with Crippen LogP contribution in [0.2, 0.25) is 0 Å². The van der Waals surface area contributed by atoms with Gasteiger partial charge in [-0.05, 0) is 50.5 Å². The fourth-order valence-electron chi connectivity index (χ4n) is 1.98. The van der Waals surface area contributed by atoms with Crippen LogP contribution in [0.5, 0.6) is 5.75 Å². The number of ether oxygens (including phenoxy) is 1. The van der Waals surface area contributed by atoms with Crippen LogP contribution < -0.4 is 4.74 Å². The lowest BCUT2D eigenvalue weighted by Gasteiger charge is -2.17. The standard InChI is InChI=1S/C14H16O3/c1-9(15)10(2)17-12-6-7-13-11(8-12)4-3-5-14(13)16/h6-8,10H,3-5H2,1-2H3. The van der Waals surface area contributed by atoms with Crippen LogP contribution in [0.25, 0.3) is 0 Å². The molecule has 1 atom stereocenters. The van der Waals surface area contributed by atoms with Crippen molar-refractivity contribution in [3.63, 3.8) is 0 Å². The van der Waals surface area contributed by atoms with Crippen molar-refractivity contribution in [2.24, 2.45) is 0 Å². The highest BCUT2D eigenvalue weighted by molar-refractivity contribution is 5.98. The highest BCUT2D eigenvalue weighted by atomic mass is 16.5. The first-order chi connectivity index (χ1) is 8.08. The molecular weight excluding hydrogens is 216 g/mol. The van der Waals surface area contributed by atoms with E-state index in [4.69, 9.17) is 4.74 Å². The number of hydrogen-bond donors (Lipinski definition) is 0. The van der Waals surface area contributed by atoms with Gasteiger partial charge < -0.3 is 4.74 Å². The normalized spacial score (nSPS) is 16.2. The summed E-state index contributed by atoms with van der Waals surface area (Å²) in [5.41, 5.74) is 1.84. The van der Waals surface area contributed by atoms with E-state index in [9.17, 15) is 9.59 Å². The van der Waals surface area contributed by atoms with E-state index in [-0.39, 0.29) is 11.6 Å². The monoisotopic (exact) mass is 232 g/mol. The third kappa shape index (κ3) is 2.54. The van der Waals surface area contributed by atoms with Crippen LogP contribution >= 0.6 is 0 Å². The molecule has 0 fully saturated rings. The summed E-state index contributed by atoms with van der Waals surface area (Å²) < 4.78 is 5.52. The molecule has 1 aliphatic rings. The first-order valence-electron chi connectivity index (χ1n) is 5.91. The number of hydrogen-bond acceptors (Lipinski definition) is 3. The molecule has 3 nitrogen and oxygen atoms in total. The quantitative estimate of drug-likeness (QED) is 0.804. The Morgan fingerprint density at radius 3 is 2.82 bits per heavy atom. The zero-order valence-corrected chi connectivity index (χ0v) is 10.2. The molecule has 0 heterocycles. The van der Waals surface area contributed by atoms with Gasteiger partial charge in [0.15, 0.2) is 17.7 Å².